The van der Waals surface area contributed by atoms with Gasteiger partial charge in [0.05, 0.1) is 5.69 Å². The van der Waals surface area contributed by atoms with Gasteiger partial charge < -0.3 is 11.1 Å². The Hall–Kier alpha value is -2.07. The van der Waals surface area contributed by atoms with E-state index in [4.69, 9.17) is 17.3 Å². The highest BCUT2D eigenvalue weighted by Crippen LogP contribution is 2.22. The van der Waals surface area contributed by atoms with E-state index in [1.54, 1.807) is 13.0 Å². The van der Waals surface area contributed by atoms with Crippen molar-refractivity contribution in [1.29, 1.82) is 0 Å². The van der Waals surface area contributed by atoms with Crippen LogP contribution in [0.1, 0.15) is 21.5 Å². The van der Waals surface area contributed by atoms with Gasteiger partial charge in [-0.1, -0.05) is 17.7 Å². The lowest BCUT2D eigenvalue weighted by molar-refractivity contribution is 0.102. The third-order valence-corrected chi connectivity index (χ3v) is 3.27. The predicted molar refractivity (Wildman–Crippen MR) is 79.7 cm³/mol. The molecule has 2 aromatic carbocycles. The van der Waals surface area contributed by atoms with Crippen molar-refractivity contribution in [2.45, 2.75) is 13.8 Å². The summed E-state index contributed by atoms with van der Waals surface area (Å²) >= 11 is 5.66. The van der Waals surface area contributed by atoms with Gasteiger partial charge in [-0.05, 0) is 49.2 Å². The monoisotopic (exact) mass is 292 g/mol. The number of halogens is 2. The van der Waals surface area contributed by atoms with Crippen molar-refractivity contribution in [3.63, 3.8) is 0 Å². The van der Waals surface area contributed by atoms with Crippen molar-refractivity contribution >= 4 is 28.9 Å². The molecule has 20 heavy (non-hydrogen) atoms. The van der Waals surface area contributed by atoms with Crippen LogP contribution >= 0.6 is 11.6 Å². The van der Waals surface area contributed by atoms with Crippen LogP contribution in [0.3, 0.4) is 0 Å². The summed E-state index contributed by atoms with van der Waals surface area (Å²) < 4.78 is 13.6. The van der Waals surface area contributed by atoms with Gasteiger partial charge in [0.25, 0.3) is 5.91 Å². The highest BCUT2D eigenvalue weighted by atomic mass is 35.5. The SMILES string of the molecule is Cc1cc(C)c(C(=O)Nc2ccc(Cl)cc2F)cc1N. The number of amides is 1. The average molecular weight is 293 g/mol. The fourth-order valence-corrected chi connectivity index (χ4v) is 2.05. The number of anilines is 2. The quantitative estimate of drug-likeness (QED) is 0.824. The summed E-state index contributed by atoms with van der Waals surface area (Å²) in [6.45, 7) is 3.67. The summed E-state index contributed by atoms with van der Waals surface area (Å²) in [6.07, 6.45) is 0. The fraction of sp³-hybridized carbons (Fsp3) is 0.133. The molecule has 1 amide bonds. The minimum absolute atomic E-state index is 0.0814. The van der Waals surface area contributed by atoms with Crippen LogP contribution in [0.25, 0.3) is 0 Å². The molecule has 0 saturated carbocycles. The molecule has 3 nitrogen and oxygen atoms in total. The Morgan fingerprint density at radius 2 is 1.90 bits per heavy atom. The number of hydrogen-bond acceptors (Lipinski definition) is 2. The zero-order valence-corrected chi connectivity index (χ0v) is 11.9. The molecule has 0 radical (unpaired) electrons. The molecule has 0 spiro atoms. The first-order valence-electron chi connectivity index (χ1n) is 6.01. The number of benzene rings is 2. The molecule has 0 bridgehead atoms. The van der Waals surface area contributed by atoms with Crippen molar-refractivity contribution < 1.29 is 9.18 Å². The van der Waals surface area contributed by atoms with E-state index >= 15 is 0 Å². The number of rotatable bonds is 2. The maximum atomic E-state index is 13.6. The van der Waals surface area contributed by atoms with Crippen LogP contribution in [-0.4, -0.2) is 5.91 Å². The molecule has 5 heteroatoms. The molecule has 2 rings (SSSR count). The molecule has 0 atom stereocenters. The smallest absolute Gasteiger partial charge is 0.256 e. The van der Waals surface area contributed by atoms with E-state index in [0.29, 0.717) is 11.3 Å². The van der Waals surface area contributed by atoms with Crippen molar-refractivity contribution in [3.05, 3.63) is 57.9 Å². The second-order valence-corrected chi connectivity index (χ2v) is 5.04. The normalized spacial score (nSPS) is 10.4. The first-order chi connectivity index (χ1) is 9.38. The van der Waals surface area contributed by atoms with Crippen LogP contribution in [0, 0.1) is 19.7 Å². The van der Waals surface area contributed by atoms with Gasteiger partial charge in [-0.15, -0.1) is 0 Å². The number of carbonyl (C=O) groups excluding carboxylic acids is 1. The molecule has 0 aliphatic carbocycles. The number of hydrogen-bond donors (Lipinski definition) is 2. The largest absolute Gasteiger partial charge is 0.398 e. The molecule has 0 aliphatic rings. The van der Waals surface area contributed by atoms with Gasteiger partial charge >= 0.3 is 0 Å². The van der Waals surface area contributed by atoms with Gasteiger partial charge in [-0.25, -0.2) is 4.39 Å². The summed E-state index contributed by atoms with van der Waals surface area (Å²) in [6, 6.07) is 7.49. The van der Waals surface area contributed by atoms with Crippen LogP contribution in [0.2, 0.25) is 5.02 Å². The highest BCUT2D eigenvalue weighted by molar-refractivity contribution is 6.30. The van der Waals surface area contributed by atoms with Gasteiger partial charge in [-0.3, -0.25) is 4.79 Å². The number of aryl methyl sites for hydroxylation is 2. The second kappa shape index (κ2) is 5.51. The maximum Gasteiger partial charge on any atom is 0.256 e. The maximum absolute atomic E-state index is 13.6. The van der Waals surface area contributed by atoms with Crippen LogP contribution in [0.5, 0.6) is 0 Å². The van der Waals surface area contributed by atoms with Crippen LogP contribution < -0.4 is 11.1 Å². The summed E-state index contributed by atoms with van der Waals surface area (Å²) in [5.74, 6) is -0.987. The van der Waals surface area contributed by atoms with Crippen molar-refractivity contribution in [2.75, 3.05) is 11.1 Å². The Labute approximate surface area is 121 Å². The number of nitrogens with one attached hydrogen (secondary N) is 1. The van der Waals surface area contributed by atoms with E-state index in [1.807, 2.05) is 13.0 Å². The summed E-state index contributed by atoms with van der Waals surface area (Å²) in [5, 5.41) is 2.79. The van der Waals surface area contributed by atoms with Gasteiger partial charge in [-0.2, -0.15) is 0 Å². The first-order valence-corrected chi connectivity index (χ1v) is 6.39. The minimum Gasteiger partial charge on any atom is -0.398 e. The minimum atomic E-state index is -0.580. The Kier molecular flexibility index (Phi) is 3.95. The van der Waals surface area contributed by atoms with Crippen LogP contribution in [0.4, 0.5) is 15.8 Å². The van der Waals surface area contributed by atoms with Gasteiger partial charge in [0, 0.05) is 16.3 Å². The molecule has 0 aliphatic heterocycles. The van der Waals surface area contributed by atoms with E-state index in [-0.39, 0.29) is 10.7 Å². The average Bonchev–Trinajstić information content (AvgIpc) is 2.37. The van der Waals surface area contributed by atoms with Crippen LogP contribution in [-0.2, 0) is 0 Å². The Balaban J connectivity index is 2.31. The lowest BCUT2D eigenvalue weighted by atomic mass is 10.0. The third-order valence-electron chi connectivity index (χ3n) is 3.04. The molecule has 0 heterocycles. The molecule has 0 fully saturated rings. The standard InChI is InChI=1S/C15H14ClFN2O/c1-8-5-9(2)13(18)7-11(8)15(20)19-14-4-3-10(16)6-12(14)17/h3-7H,18H2,1-2H3,(H,19,20). The highest BCUT2D eigenvalue weighted by Gasteiger charge is 2.13. The van der Waals surface area contributed by atoms with Crippen molar-refractivity contribution in [3.8, 4) is 0 Å². The van der Waals surface area contributed by atoms with E-state index in [0.717, 1.165) is 17.2 Å². The van der Waals surface area contributed by atoms with E-state index in [1.165, 1.54) is 12.1 Å². The van der Waals surface area contributed by atoms with E-state index in [9.17, 15) is 9.18 Å². The summed E-state index contributed by atoms with van der Waals surface area (Å²) in [5.41, 5.74) is 8.51. The van der Waals surface area contributed by atoms with Crippen LogP contribution in [0.15, 0.2) is 30.3 Å². The number of nitrogens with two attached hydrogens (primary N) is 1. The van der Waals surface area contributed by atoms with E-state index < -0.39 is 11.7 Å². The Morgan fingerprint density at radius 3 is 2.55 bits per heavy atom. The zero-order chi connectivity index (χ0) is 14.9. The topological polar surface area (TPSA) is 55.1 Å². The third kappa shape index (κ3) is 2.91. The summed E-state index contributed by atoms with van der Waals surface area (Å²) in [7, 11) is 0. The molecular weight excluding hydrogens is 279 g/mol. The van der Waals surface area contributed by atoms with Gasteiger partial charge in [0.2, 0.25) is 0 Å². The van der Waals surface area contributed by atoms with Crippen molar-refractivity contribution in [1.82, 2.24) is 0 Å². The Morgan fingerprint density at radius 1 is 1.20 bits per heavy atom. The second-order valence-electron chi connectivity index (χ2n) is 4.60. The molecule has 2 aromatic rings. The molecular formula is C15H14ClFN2O. The first kappa shape index (κ1) is 14.3. The summed E-state index contributed by atoms with van der Waals surface area (Å²) in [4.78, 5) is 12.2. The number of carbonyl (C=O) groups is 1. The van der Waals surface area contributed by atoms with Gasteiger partial charge in [0.15, 0.2) is 0 Å². The molecule has 104 valence electrons. The lowest BCUT2D eigenvalue weighted by Gasteiger charge is -2.11. The van der Waals surface area contributed by atoms with E-state index in [2.05, 4.69) is 5.32 Å². The predicted octanol–water partition coefficient (Wildman–Crippen LogP) is 3.93. The van der Waals surface area contributed by atoms with Gasteiger partial charge in [0.1, 0.15) is 5.82 Å². The fourth-order valence-electron chi connectivity index (χ4n) is 1.89. The molecule has 3 N–H and O–H groups in total. The van der Waals surface area contributed by atoms with Crippen molar-refractivity contribution in [2.24, 2.45) is 0 Å². The Bertz CT molecular complexity index is 686. The molecule has 0 saturated heterocycles. The molecule has 0 aromatic heterocycles. The number of nitrogen functional groups attached to an aromatic ring is 1. The molecule has 0 unspecified atom stereocenters. The lowest BCUT2D eigenvalue weighted by Crippen LogP contribution is -2.15. The zero-order valence-electron chi connectivity index (χ0n) is 11.1.